The molecule has 0 rings (SSSR count). The van der Waals surface area contributed by atoms with Gasteiger partial charge in [-0.25, -0.2) is 0 Å². The molecule has 0 unspecified atom stereocenters. The summed E-state index contributed by atoms with van der Waals surface area (Å²) in [5.74, 6) is -0.130. The number of hydrogen-bond donors (Lipinski definition) is 0. The van der Waals surface area contributed by atoms with Gasteiger partial charge in [0.1, 0.15) is 6.61 Å². The quantitative estimate of drug-likeness (QED) is 0.707. The summed E-state index contributed by atoms with van der Waals surface area (Å²) in [6.07, 6.45) is 0. The van der Waals surface area contributed by atoms with Crippen LogP contribution in [0.25, 0.3) is 0 Å². The van der Waals surface area contributed by atoms with Gasteiger partial charge in [-0.05, 0) is 34.6 Å². The number of carbonyl (C=O) groups is 1. The third kappa shape index (κ3) is 7.15. The maximum atomic E-state index is 11.6. The van der Waals surface area contributed by atoms with Crippen molar-refractivity contribution in [2.24, 2.45) is 5.41 Å². The van der Waals surface area contributed by atoms with E-state index in [4.69, 9.17) is 4.74 Å². The molecule has 0 aromatic rings. The Hall–Kier alpha value is -0.180. The summed E-state index contributed by atoms with van der Waals surface area (Å²) >= 11 is 1.83. The Labute approximate surface area is 105 Å². The van der Waals surface area contributed by atoms with Crippen LogP contribution in [-0.2, 0) is 9.53 Å². The van der Waals surface area contributed by atoms with Gasteiger partial charge < -0.3 is 4.74 Å². The molecule has 0 aromatic carbocycles. The van der Waals surface area contributed by atoms with E-state index >= 15 is 0 Å². The molecule has 0 atom stereocenters. The molecule has 0 fully saturated rings. The highest BCUT2D eigenvalue weighted by molar-refractivity contribution is 8.01. The number of carbonyl (C=O) groups excluding carboxylic acids is 1. The molecule has 0 aliphatic heterocycles. The van der Waals surface area contributed by atoms with Crippen molar-refractivity contribution in [1.29, 1.82) is 0 Å². The van der Waals surface area contributed by atoms with Crippen molar-refractivity contribution >= 4 is 17.7 Å². The zero-order valence-electron chi connectivity index (χ0n) is 11.9. The summed E-state index contributed by atoms with van der Waals surface area (Å²) in [7, 11) is 0. The first kappa shape index (κ1) is 15.8. The average Bonchev–Trinajstić information content (AvgIpc) is 1.93. The Kier molecular flexibility index (Phi) is 4.93. The molecule has 0 aliphatic carbocycles. The van der Waals surface area contributed by atoms with Crippen LogP contribution < -0.4 is 0 Å². The van der Waals surface area contributed by atoms with Crippen LogP contribution in [0.2, 0.25) is 0 Å². The Morgan fingerprint density at radius 2 is 1.44 bits per heavy atom. The maximum Gasteiger partial charge on any atom is 0.311 e. The van der Waals surface area contributed by atoms with Crippen LogP contribution in [0.4, 0.5) is 0 Å². The van der Waals surface area contributed by atoms with Crippen LogP contribution in [0.3, 0.4) is 0 Å². The van der Waals surface area contributed by atoms with Crippen LogP contribution in [-0.4, -0.2) is 22.1 Å². The molecule has 0 aliphatic rings. The number of thioether (sulfide) groups is 1. The van der Waals surface area contributed by atoms with Gasteiger partial charge in [-0.1, -0.05) is 20.8 Å². The molecule has 0 N–H and O–H groups in total. The van der Waals surface area contributed by atoms with Gasteiger partial charge in [0.25, 0.3) is 0 Å². The minimum atomic E-state index is -0.414. The number of ether oxygens (including phenoxy) is 1. The average molecular weight is 246 g/mol. The number of hydrogen-bond acceptors (Lipinski definition) is 3. The summed E-state index contributed by atoms with van der Waals surface area (Å²) in [4.78, 5) is 11.6. The number of rotatable bonds is 3. The predicted molar refractivity (Wildman–Crippen MR) is 71.8 cm³/mol. The highest BCUT2D eigenvalue weighted by Gasteiger charge is 2.30. The molecule has 0 saturated heterocycles. The Morgan fingerprint density at radius 1 is 1.00 bits per heavy atom. The van der Waals surface area contributed by atoms with E-state index in [-0.39, 0.29) is 15.5 Å². The monoisotopic (exact) mass is 246 g/mol. The van der Waals surface area contributed by atoms with Crippen molar-refractivity contribution in [2.45, 2.75) is 64.9 Å². The summed E-state index contributed by atoms with van der Waals surface area (Å²) in [6.45, 7) is 16.8. The lowest BCUT2D eigenvalue weighted by Crippen LogP contribution is -2.33. The van der Waals surface area contributed by atoms with Crippen LogP contribution in [0.15, 0.2) is 0 Å². The molecule has 3 heteroatoms. The smallest absolute Gasteiger partial charge is 0.311 e. The fourth-order valence-electron chi connectivity index (χ4n) is 1.31. The van der Waals surface area contributed by atoms with Gasteiger partial charge in [-0.15, -0.1) is 11.8 Å². The molecule has 96 valence electrons. The fourth-order valence-corrected chi connectivity index (χ4v) is 3.09. The second-order valence-corrected chi connectivity index (χ2v) is 9.33. The van der Waals surface area contributed by atoms with Crippen LogP contribution in [0.1, 0.15) is 55.4 Å². The second kappa shape index (κ2) is 4.99. The SMILES string of the molecule is CC(C)(C)SC(C)(C)COC(=O)C(C)(C)C. The van der Waals surface area contributed by atoms with Crippen molar-refractivity contribution in [3.05, 3.63) is 0 Å². The van der Waals surface area contributed by atoms with Gasteiger partial charge in [-0.2, -0.15) is 0 Å². The first-order valence-corrected chi connectivity index (χ1v) is 6.53. The first-order valence-electron chi connectivity index (χ1n) is 5.71. The van der Waals surface area contributed by atoms with E-state index in [9.17, 15) is 4.79 Å². The van der Waals surface area contributed by atoms with Gasteiger partial charge in [-0.3, -0.25) is 4.79 Å². The molecule has 2 nitrogen and oxygen atoms in total. The molecular weight excluding hydrogens is 220 g/mol. The van der Waals surface area contributed by atoms with Gasteiger partial charge in [0, 0.05) is 9.49 Å². The molecule has 0 saturated carbocycles. The van der Waals surface area contributed by atoms with Gasteiger partial charge in [0.2, 0.25) is 0 Å². The zero-order chi connectivity index (χ0) is 13.2. The van der Waals surface area contributed by atoms with Crippen LogP contribution in [0, 0.1) is 5.41 Å². The highest BCUT2D eigenvalue weighted by Crippen LogP contribution is 2.36. The van der Waals surface area contributed by atoms with E-state index in [0.717, 1.165) is 0 Å². The predicted octanol–water partition coefficient (Wildman–Crippen LogP) is 3.89. The summed E-state index contributed by atoms with van der Waals surface area (Å²) < 4.78 is 5.49. The summed E-state index contributed by atoms with van der Waals surface area (Å²) in [5, 5.41) is 0. The van der Waals surface area contributed by atoms with Crippen molar-refractivity contribution in [3.8, 4) is 0 Å². The van der Waals surface area contributed by atoms with Crippen molar-refractivity contribution in [3.63, 3.8) is 0 Å². The molecule has 0 radical (unpaired) electrons. The Balaban J connectivity index is 4.25. The molecule has 0 amide bonds. The lowest BCUT2D eigenvalue weighted by atomic mass is 9.97. The largest absolute Gasteiger partial charge is 0.464 e. The maximum absolute atomic E-state index is 11.6. The van der Waals surface area contributed by atoms with Crippen molar-refractivity contribution in [2.75, 3.05) is 6.61 Å². The van der Waals surface area contributed by atoms with E-state index in [1.54, 1.807) is 0 Å². The van der Waals surface area contributed by atoms with E-state index in [0.29, 0.717) is 6.61 Å². The van der Waals surface area contributed by atoms with Gasteiger partial charge in [0.15, 0.2) is 0 Å². The Morgan fingerprint density at radius 3 is 1.75 bits per heavy atom. The Bertz CT molecular complexity index is 244. The summed E-state index contributed by atoms with van der Waals surface area (Å²) in [5.41, 5.74) is -0.414. The number of esters is 1. The normalized spacial score (nSPS) is 13.8. The van der Waals surface area contributed by atoms with Gasteiger partial charge >= 0.3 is 5.97 Å². The standard InChI is InChI=1S/C13H26O2S/c1-11(2,3)10(14)15-9-13(7,8)16-12(4,5)6/h9H2,1-8H3. The summed E-state index contributed by atoms with van der Waals surface area (Å²) in [6, 6.07) is 0. The van der Waals surface area contributed by atoms with Crippen molar-refractivity contribution < 1.29 is 9.53 Å². The molecular formula is C13H26O2S. The fraction of sp³-hybridized carbons (Fsp3) is 0.923. The third-order valence-corrected chi connectivity index (χ3v) is 3.03. The minimum absolute atomic E-state index is 0.0425. The van der Waals surface area contributed by atoms with Crippen LogP contribution in [0.5, 0.6) is 0 Å². The molecule has 0 bridgehead atoms. The minimum Gasteiger partial charge on any atom is -0.464 e. The second-order valence-electron chi connectivity index (χ2n) is 6.80. The topological polar surface area (TPSA) is 26.3 Å². The lowest BCUT2D eigenvalue weighted by Gasteiger charge is -2.32. The van der Waals surface area contributed by atoms with E-state index in [1.807, 2.05) is 32.5 Å². The van der Waals surface area contributed by atoms with Crippen LogP contribution >= 0.6 is 11.8 Å². The molecule has 0 heterocycles. The lowest BCUT2D eigenvalue weighted by molar-refractivity contribution is -0.153. The molecule has 0 spiro atoms. The van der Waals surface area contributed by atoms with Gasteiger partial charge in [0.05, 0.1) is 5.41 Å². The highest BCUT2D eigenvalue weighted by atomic mass is 32.2. The molecule has 0 aromatic heterocycles. The van der Waals surface area contributed by atoms with E-state index < -0.39 is 5.41 Å². The van der Waals surface area contributed by atoms with E-state index in [2.05, 4.69) is 34.6 Å². The zero-order valence-corrected chi connectivity index (χ0v) is 12.7. The van der Waals surface area contributed by atoms with Crippen molar-refractivity contribution in [1.82, 2.24) is 0 Å². The first-order chi connectivity index (χ1) is 6.83. The molecule has 16 heavy (non-hydrogen) atoms. The third-order valence-electron chi connectivity index (χ3n) is 1.75. The van der Waals surface area contributed by atoms with E-state index in [1.165, 1.54) is 0 Å².